The van der Waals surface area contributed by atoms with Gasteiger partial charge in [0.1, 0.15) is 0 Å². The maximum atomic E-state index is 5.71. The van der Waals surface area contributed by atoms with Crippen molar-refractivity contribution in [2.75, 3.05) is 20.3 Å². The number of nitrogens with one attached hydrogen (secondary N) is 1. The zero-order chi connectivity index (χ0) is 14.4. The monoisotopic (exact) mass is 293 g/mol. The third-order valence-corrected chi connectivity index (χ3v) is 4.37. The Bertz CT molecular complexity index is 520. The van der Waals surface area contributed by atoms with E-state index in [4.69, 9.17) is 9.47 Å². The standard InChI is InChI=1S/C16H23NO2S/c1-4-18-16(19-5-2)14(17-3)10-12-11-20-15-9-7-6-8-13(12)15/h6-9,11,14,16-17H,4-5,10H2,1-3H3. The molecule has 0 saturated heterocycles. The number of hydrogen-bond donors (Lipinski definition) is 1. The third kappa shape index (κ3) is 3.58. The van der Waals surface area contributed by atoms with E-state index >= 15 is 0 Å². The molecule has 1 aromatic carbocycles. The predicted molar refractivity (Wildman–Crippen MR) is 85.4 cm³/mol. The summed E-state index contributed by atoms with van der Waals surface area (Å²) in [6.45, 7) is 5.32. The van der Waals surface area contributed by atoms with E-state index in [2.05, 4.69) is 35.0 Å². The highest BCUT2D eigenvalue weighted by molar-refractivity contribution is 7.17. The van der Waals surface area contributed by atoms with Crippen molar-refractivity contribution in [1.82, 2.24) is 5.32 Å². The Morgan fingerprint density at radius 2 is 1.85 bits per heavy atom. The first-order valence-corrected chi connectivity index (χ1v) is 8.03. The summed E-state index contributed by atoms with van der Waals surface area (Å²) in [5.41, 5.74) is 1.36. The summed E-state index contributed by atoms with van der Waals surface area (Å²) in [7, 11) is 1.96. The molecule has 2 aromatic rings. The molecular weight excluding hydrogens is 270 g/mol. The zero-order valence-corrected chi connectivity index (χ0v) is 13.2. The second kappa shape index (κ2) is 7.74. The first kappa shape index (κ1) is 15.4. The highest BCUT2D eigenvalue weighted by Gasteiger charge is 2.22. The molecule has 0 aliphatic heterocycles. The summed E-state index contributed by atoms with van der Waals surface area (Å²) in [5, 5.41) is 6.91. The van der Waals surface area contributed by atoms with E-state index in [1.54, 1.807) is 11.3 Å². The van der Waals surface area contributed by atoms with Crippen molar-refractivity contribution in [3.8, 4) is 0 Å². The number of rotatable bonds is 8. The van der Waals surface area contributed by atoms with E-state index in [-0.39, 0.29) is 12.3 Å². The lowest BCUT2D eigenvalue weighted by molar-refractivity contribution is -0.152. The molecule has 4 heteroatoms. The van der Waals surface area contributed by atoms with Crippen molar-refractivity contribution in [1.29, 1.82) is 0 Å². The Hall–Kier alpha value is -0.940. The van der Waals surface area contributed by atoms with Gasteiger partial charge in [0, 0.05) is 17.9 Å². The van der Waals surface area contributed by atoms with Crippen LogP contribution in [0.25, 0.3) is 10.1 Å². The quantitative estimate of drug-likeness (QED) is 0.756. The number of thiophene rings is 1. The minimum absolute atomic E-state index is 0.160. The topological polar surface area (TPSA) is 30.5 Å². The molecule has 110 valence electrons. The molecule has 0 aliphatic rings. The van der Waals surface area contributed by atoms with Gasteiger partial charge in [0.2, 0.25) is 0 Å². The van der Waals surface area contributed by atoms with Gasteiger partial charge in [-0.05, 0) is 49.7 Å². The zero-order valence-electron chi connectivity index (χ0n) is 12.4. The van der Waals surface area contributed by atoms with Gasteiger partial charge in [-0.1, -0.05) is 18.2 Å². The number of hydrogen-bond acceptors (Lipinski definition) is 4. The lowest BCUT2D eigenvalue weighted by Crippen LogP contribution is -2.42. The molecule has 0 aliphatic carbocycles. The van der Waals surface area contributed by atoms with Crippen LogP contribution in [0.3, 0.4) is 0 Å². The Labute approximate surface area is 124 Å². The van der Waals surface area contributed by atoms with E-state index in [9.17, 15) is 0 Å². The van der Waals surface area contributed by atoms with Gasteiger partial charge in [0.05, 0.1) is 6.04 Å². The Morgan fingerprint density at radius 3 is 2.50 bits per heavy atom. The van der Waals surface area contributed by atoms with Gasteiger partial charge in [-0.2, -0.15) is 0 Å². The second-order valence-electron chi connectivity index (χ2n) is 4.64. The molecule has 0 radical (unpaired) electrons. The second-order valence-corrected chi connectivity index (χ2v) is 5.55. The van der Waals surface area contributed by atoms with Crippen molar-refractivity contribution >= 4 is 21.4 Å². The van der Waals surface area contributed by atoms with Gasteiger partial charge in [-0.3, -0.25) is 0 Å². The summed E-state index contributed by atoms with van der Waals surface area (Å²) in [5.74, 6) is 0. The molecule has 1 unspecified atom stereocenters. The van der Waals surface area contributed by atoms with Crippen LogP contribution >= 0.6 is 11.3 Å². The highest BCUT2D eigenvalue weighted by atomic mass is 32.1. The minimum atomic E-state index is -0.200. The van der Waals surface area contributed by atoms with Crippen molar-refractivity contribution in [2.45, 2.75) is 32.6 Å². The maximum absolute atomic E-state index is 5.71. The van der Waals surface area contributed by atoms with Gasteiger partial charge in [0.15, 0.2) is 6.29 Å². The summed E-state index contributed by atoms with van der Waals surface area (Å²) >= 11 is 1.80. The molecule has 0 fully saturated rings. The molecule has 0 spiro atoms. The van der Waals surface area contributed by atoms with Crippen LogP contribution in [0.1, 0.15) is 19.4 Å². The average molecular weight is 293 g/mol. The predicted octanol–water partition coefficient (Wildman–Crippen LogP) is 3.43. The minimum Gasteiger partial charge on any atom is -0.351 e. The summed E-state index contributed by atoms with van der Waals surface area (Å²) in [6.07, 6.45) is 0.708. The molecule has 0 saturated carbocycles. The van der Waals surface area contributed by atoms with Crippen LogP contribution in [0.4, 0.5) is 0 Å². The van der Waals surface area contributed by atoms with Crippen molar-refractivity contribution in [3.05, 3.63) is 35.2 Å². The molecule has 0 bridgehead atoms. The summed E-state index contributed by atoms with van der Waals surface area (Å²) in [6, 6.07) is 8.69. The molecule has 20 heavy (non-hydrogen) atoms. The normalized spacial score (nSPS) is 13.2. The van der Waals surface area contributed by atoms with E-state index in [0.717, 1.165) is 6.42 Å². The molecule has 1 N–H and O–H groups in total. The van der Waals surface area contributed by atoms with Crippen LogP contribution in [0, 0.1) is 0 Å². The Kier molecular flexibility index (Phi) is 5.98. The highest BCUT2D eigenvalue weighted by Crippen LogP contribution is 2.27. The lowest BCUT2D eigenvalue weighted by atomic mass is 10.0. The van der Waals surface area contributed by atoms with Crippen LogP contribution in [0.15, 0.2) is 29.6 Å². The molecule has 1 aromatic heterocycles. The van der Waals surface area contributed by atoms with Gasteiger partial charge in [-0.15, -0.1) is 11.3 Å². The molecule has 1 atom stereocenters. The van der Waals surface area contributed by atoms with Crippen molar-refractivity contribution in [3.63, 3.8) is 0 Å². The fourth-order valence-electron chi connectivity index (χ4n) is 2.37. The number of fused-ring (bicyclic) bond motifs is 1. The summed E-state index contributed by atoms with van der Waals surface area (Å²) in [4.78, 5) is 0. The van der Waals surface area contributed by atoms with E-state index < -0.39 is 0 Å². The summed E-state index contributed by atoms with van der Waals surface area (Å²) < 4.78 is 12.8. The van der Waals surface area contributed by atoms with E-state index in [0.29, 0.717) is 13.2 Å². The van der Waals surface area contributed by atoms with Crippen LogP contribution in [-0.4, -0.2) is 32.6 Å². The molecule has 0 amide bonds. The van der Waals surface area contributed by atoms with Crippen molar-refractivity contribution in [2.24, 2.45) is 0 Å². The van der Waals surface area contributed by atoms with E-state index in [1.807, 2.05) is 20.9 Å². The first-order chi connectivity index (χ1) is 9.80. The fraction of sp³-hybridized carbons (Fsp3) is 0.500. The molecule has 3 nitrogen and oxygen atoms in total. The molecular formula is C16H23NO2S. The van der Waals surface area contributed by atoms with Gasteiger partial charge >= 0.3 is 0 Å². The molecule has 1 heterocycles. The largest absolute Gasteiger partial charge is 0.351 e. The first-order valence-electron chi connectivity index (χ1n) is 7.15. The van der Waals surface area contributed by atoms with Gasteiger partial charge < -0.3 is 14.8 Å². The molecule has 2 rings (SSSR count). The van der Waals surface area contributed by atoms with Crippen molar-refractivity contribution < 1.29 is 9.47 Å². The average Bonchev–Trinajstić information content (AvgIpc) is 2.88. The van der Waals surface area contributed by atoms with Gasteiger partial charge in [0.25, 0.3) is 0 Å². The number of likely N-dealkylation sites (N-methyl/N-ethyl adjacent to an activating group) is 1. The fourth-order valence-corrected chi connectivity index (χ4v) is 3.35. The van der Waals surface area contributed by atoms with Crippen LogP contribution < -0.4 is 5.32 Å². The Balaban J connectivity index is 2.16. The maximum Gasteiger partial charge on any atom is 0.172 e. The number of benzene rings is 1. The van der Waals surface area contributed by atoms with Gasteiger partial charge in [-0.25, -0.2) is 0 Å². The van der Waals surface area contributed by atoms with E-state index in [1.165, 1.54) is 15.6 Å². The van der Waals surface area contributed by atoms with Crippen LogP contribution in [0.5, 0.6) is 0 Å². The van der Waals surface area contributed by atoms with Crippen LogP contribution in [0.2, 0.25) is 0 Å². The Morgan fingerprint density at radius 1 is 1.15 bits per heavy atom. The smallest absolute Gasteiger partial charge is 0.172 e. The third-order valence-electron chi connectivity index (χ3n) is 3.36. The lowest BCUT2D eigenvalue weighted by Gasteiger charge is -2.26. The number of ether oxygens (including phenoxy) is 2. The SMILES string of the molecule is CCOC(OCC)C(Cc1csc2ccccc12)NC. The van der Waals surface area contributed by atoms with Crippen LogP contribution in [-0.2, 0) is 15.9 Å².